The van der Waals surface area contributed by atoms with Crippen LogP contribution in [0.5, 0.6) is 5.75 Å². The van der Waals surface area contributed by atoms with E-state index >= 15 is 0 Å². The Morgan fingerprint density at radius 3 is 2.40 bits per heavy atom. The predicted molar refractivity (Wildman–Crippen MR) is 181 cm³/mol. The molecule has 47 heavy (non-hydrogen) atoms. The van der Waals surface area contributed by atoms with Gasteiger partial charge in [0.05, 0.1) is 22.6 Å². The van der Waals surface area contributed by atoms with Crippen LogP contribution in [0.1, 0.15) is 56.6 Å². The molecule has 0 bridgehead atoms. The lowest BCUT2D eigenvalue weighted by molar-refractivity contribution is -0.385. The summed E-state index contributed by atoms with van der Waals surface area (Å²) in [6.45, 7) is 2.75. The highest BCUT2D eigenvalue weighted by Gasteiger charge is 2.36. The molecule has 3 aromatic carbocycles. The number of methoxy groups -OCH3 is 1. The van der Waals surface area contributed by atoms with Gasteiger partial charge >= 0.3 is 0 Å². The fourth-order valence-electron chi connectivity index (χ4n) is 5.89. The lowest BCUT2D eigenvalue weighted by Crippen LogP contribution is -2.54. The SMILES string of the molecule is CC[C@H](C(=O)NC1CCCCC1)N(CCc1ccccc1)C(=O)CN(c1cc(Cl)ccc1OC)S(=O)(=O)c1ccc(C)c([N+](=O)[O-])c1. The topological polar surface area (TPSA) is 139 Å². The van der Waals surface area contributed by atoms with Crippen molar-refractivity contribution in [2.75, 3.05) is 24.5 Å². The maximum absolute atomic E-state index is 14.4. The number of anilines is 1. The highest BCUT2D eigenvalue weighted by molar-refractivity contribution is 7.92. The number of ether oxygens (including phenoxy) is 1. The van der Waals surface area contributed by atoms with Gasteiger partial charge < -0.3 is 15.0 Å². The number of rotatable bonds is 14. The normalized spacial score (nSPS) is 14.2. The molecule has 0 heterocycles. The fourth-order valence-corrected chi connectivity index (χ4v) is 7.49. The second-order valence-electron chi connectivity index (χ2n) is 11.6. The monoisotopic (exact) mass is 684 g/mol. The molecule has 0 saturated heterocycles. The van der Waals surface area contributed by atoms with Gasteiger partial charge in [-0.3, -0.25) is 24.0 Å². The van der Waals surface area contributed by atoms with E-state index in [1.165, 1.54) is 49.3 Å². The molecule has 1 aliphatic carbocycles. The number of nitro benzene ring substituents is 1. The minimum Gasteiger partial charge on any atom is -0.495 e. The van der Waals surface area contributed by atoms with Crippen molar-refractivity contribution in [1.29, 1.82) is 0 Å². The summed E-state index contributed by atoms with van der Waals surface area (Å²) in [6.07, 6.45) is 5.61. The summed E-state index contributed by atoms with van der Waals surface area (Å²) in [4.78, 5) is 40.2. The summed E-state index contributed by atoms with van der Waals surface area (Å²) in [7, 11) is -3.25. The van der Waals surface area contributed by atoms with E-state index in [-0.39, 0.29) is 51.1 Å². The molecule has 1 saturated carbocycles. The molecule has 252 valence electrons. The molecular weight excluding hydrogens is 644 g/mol. The molecule has 13 heteroatoms. The van der Waals surface area contributed by atoms with Gasteiger partial charge in [0.1, 0.15) is 18.3 Å². The number of nitro groups is 1. The Kier molecular flexibility index (Phi) is 12.2. The number of nitrogens with one attached hydrogen (secondary N) is 1. The van der Waals surface area contributed by atoms with Crippen molar-refractivity contribution < 1.29 is 27.7 Å². The van der Waals surface area contributed by atoms with E-state index in [1.807, 2.05) is 37.3 Å². The minimum absolute atomic E-state index is 0.0151. The van der Waals surface area contributed by atoms with Crippen LogP contribution < -0.4 is 14.4 Å². The van der Waals surface area contributed by atoms with Gasteiger partial charge in [-0.25, -0.2) is 8.42 Å². The lowest BCUT2D eigenvalue weighted by atomic mass is 9.95. The quantitative estimate of drug-likeness (QED) is 0.161. The highest BCUT2D eigenvalue weighted by Crippen LogP contribution is 2.36. The van der Waals surface area contributed by atoms with Gasteiger partial charge in [0.15, 0.2) is 0 Å². The third-order valence-corrected chi connectivity index (χ3v) is 10.5. The van der Waals surface area contributed by atoms with E-state index in [0.29, 0.717) is 12.8 Å². The second kappa shape index (κ2) is 16.1. The molecule has 1 atom stereocenters. The van der Waals surface area contributed by atoms with Crippen LogP contribution in [0.15, 0.2) is 71.6 Å². The standard InChI is InChI=1S/C34H41ClN4O7S/c1-4-29(34(41)36-27-13-9-6-10-14-27)37(20-19-25-11-7-5-8-12-25)33(40)23-38(31-21-26(35)16-18-32(31)46-3)47(44,45)28-17-15-24(2)30(22-28)39(42)43/h5,7-8,11-12,15-18,21-22,27,29H,4,6,9-10,13-14,19-20,23H2,1-3H3,(H,36,41)/t29-/m1/s1. The maximum atomic E-state index is 14.4. The van der Waals surface area contributed by atoms with Gasteiger partial charge in [-0.05, 0) is 62.4 Å². The van der Waals surface area contributed by atoms with Crippen molar-refractivity contribution in [2.45, 2.75) is 75.8 Å². The summed E-state index contributed by atoms with van der Waals surface area (Å²) in [5.41, 5.74) is 0.809. The Labute approximate surface area is 281 Å². The number of aryl methyl sites for hydroxylation is 1. The van der Waals surface area contributed by atoms with E-state index < -0.39 is 33.4 Å². The number of hydrogen-bond acceptors (Lipinski definition) is 7. The Hall–Kier alpha value is -4.16. The molecule has 0 unspecified atom stereocenters. The van der Waals surface area contributed by atoms with Gasteiger partial charge in [-0.2, -0.15) is 0 Å². The minimum atomic E-state index is -4.61. The molecule has 0 aliphatic heterocycles. The number of amides is 2. The largest absolute Gasteiger partial charge is 0.495 e. The first kappa shape index (κ1) is 35.7. The second-order valence-corrected chi connectivity index (χ2v) is 13.9. The zero-order valence-electron chi connectivity index (χ0n) is 26.9. The summed E-state index contributed by atoms with van der Waals surface area (Å²) in [5, 5.41) is 15.0. The molecule has 0 aromatic heterocycles. The molecule has 2 amide bonds. The molecule has 1 aliphatic rings. The van der Waals surface area contributed by atoms with Crippen molar-refractivity contribution in [3.8, 4) is 5.75 Å². The molecule has 1 fully saturated rings. The molecule has 3 aromatic rings. The number of halogens is 1. The van der Waals surface area contributed by atoms with E-state index in [2.05, 4.69) is 5.32 Å². The predicted octanol–water partition coefficient (Wildman–Crippen LogP) is 6.06. The van der Waals surface area contributed by atoms with Gasteiger partial charge in [-0.15, -0.1) is 0 Å². The van der Waals surface area contributed by atoms with Crippen LogP contribution in [0.25, 0.3) is 0 Å². The van der Waals surface area contributed by atoms with Crippen LogP contribution in [-0.2, 0) is 26.0 Å². The number of hydrogen-bond donors (Lipinski definition) is 1. The first-order valence-electron chi connectivity index (χ1n) is 15.7. The molecule has 0 radical (unpaired) electrons. The van der Waals surface area contributed by atoms with Crippen LogP contribution in [-0.4, -0.2) is 62.3 Å². The average Bonchev–Trinajstić information content (AvgIpc) is 3.06. The smallest absolute Gasteiger partial charge is 0.273 e. The number of carbonyl (C=O) groups is 2. The van der Waals surface area contributed by atoms with Crippen LogP contribution in [0, 0.1) is 17.0 Å². The Morgan fingerprint density at radius 2 is 1.77 bits per heavy atom. The molecule has 11 nitrogen and oxygen atoms in total. The summed E-state index contributed by atoms with van der Waals surface area (Å²) < 4.78 is 35.0. The molecule has 1 N–H and O–H groups in total. The number of benzene rings is 3. The van der Waals surface area contributed by atoms with Gasteiger partial charge in [0.25, 0.3) is 15.7 Å². The summed E-state index contributed by atoms with van der Waals surface area (Å²) in [6, 6.07) is 16.6. The number of nitrogens with zero attached hydrogens (tertiary/aromatic N) is 3. The van der Waals surface area contributed by atoms with Gasteiger partial charge in [0.2, 0.25) is 11.8 Å². The number of sulfonamides is 1. The zero-order chi connectivity index (χ0) is 34.1. The van der Waals surface area contributed by atoms with Crippen LogP contribution in [0.4, 0.5) is 11.4 Å². The Morgan fingerprint density at radius 1 is 1.06 bits per heavy atom. The molecular formula is C34H41ClN4O7S. The van der Waals surface area contributed by atoms with Gasteiger partial charge in [0, 0.05) is 29.2 Å². The van der Waals surface area contributed by atoms with E-state index in [1.54, 1.807) is 0 Å². The fraction of sp³-hybridized carbons (Fsp3) is 0.412. The van der Waals surface area contributed by atoms with Crippen LogP contribution in [0.2, 0.25) is 5.02 Å². The van der Waals surface area contributed by atoms with Crippen LogP contribution in [0.3, 0.4) is 0 Å². The molecule has 0 spiro atoms. The number of carbonyl (C=O) groups excluding carboxylic acids is 2. The third-order valence-electron chi connectivity index (χ3n) is 8.48. The van der Waals surface area contributed by atoms with E-state index in [4.69, 9.17) is 16.3 Å². The first-order chi connectivity index (χ1) is 22.5. The van der Waals surface area contributed by atoms with Crippen molar-refractivity contribution in [3.05, 3.63) is 93.0 Å². The lowest BCUT2D eigenvalue weighted by Gasteiger charge is -2.34. The van der Waals surface area contributed by atoms with Crippen molar-refractivity contribution in [1.82, 2.24) is 10.2 Å². The Bertz CT molecular complexity index is 1680. The molecule has 4 rings (SSSR count). The van der Waals surface area contributed by atoms with Crippen molar-refractivity contribution in [3.63, 3.8) is 0 Å². The van der Waals surface area contributed by atoms with Crippen LogP contribution >= 0.6 is 11.6 Å². The van der Waals surface area contributed by atoms with Gasteiger partial charge in [-0.1, -0.05) is 74.2 Å². The zero-order valence-corrected chi connectivity index (χ0v) is 28.4. The highest BCUT2D eigenvalue weighted by atomic mass is 35.5. The Balaban J connectivity index is 1.77. The maximum Gasteiger partial charge on any atom is 0.273 e. The van der Waals surface area contributed by atoms with E-state index in [9.17, 15) is 28.1 Å². The summed E-state index contributed by atoms with van der Waals surface area (Å²) in [5.74, 6) is -0.797. The van der Waals surface area contributed by atoms with Crippen molar-refractivity contribution >= 4 is 44.8 Å². The van der Waals surface area contributed by atoms with Crippen molar-refractivity contribution in [2.24, 2.45) is 0 Å². The average molecular weight is 685 g/mol. The third kappa shape index (κ3) is 8.81. The van der Waals surface area contributed by atoms with E-state index in [0.717, 1.165) is 48.0 Å². The first-order valence-corrected chi connectivity index (χ1v) is 17.5. The summed E-state index contributed by atoms with van der Waals surface area (Å²) >= 11 is 6.31.